The van der Waals surface area contributed by atoms with Crippen molar-refractivity contribution >= 4 is 33.8 Å². The summed E-state index contributed by atoms with van der Waals surface area (Å²) < 4.78 is 28.9. The van der Waals surface area contributed by atoms with Gasteiger partial charge in [0.05, 0.1) is 17.0 Å². The van der Waals surface area contributed by atoms with E-state index in [1.165, 1.54) is 29.0 Å². The molecule has 5 heterocycles. The standard InChI is InChI=1S/C25H17FN8O2S/c1-37(36)22-9-8-21-30-23(15-2-4-17(26)5-3-15)24(34(21)32-22)18-6-7-20-28-19(14-33(20)31-18)29-25(35)16-10-12-27-13-11-16/h2-14H,1H3,(H,29,35). The maximum atomic E-state index is 13.6. The number of amides is 1. The molecule has 0 bridgehead atoms. The third-order valence-electron chi connectivity index (χ3n) is 5.61. The average Bonchev–Trinajstić information content (AvgIpc) is 3.49. The molecule has 1 N–H and O–H groups in total. The van der Waals surface area contributed by atoms with E-state index in [1.54, 1.807) is 65.5 Å². The molecule has 0 aliphatic carbocycles. The van der Waals surface area contributed by atoms with Crippen molar-refractivity contribution in [1.82, 2.24) is 34.2 Å². The van der Waals surface area contributed by atoms with Crippen LogP contribution in [0.3, 0.4) is 0 Å². The van der Waals surface area contributed by atoms with Gasteiger partial charge in [0, 0.05) is 29.8 Å². The molecule has 0 spiro atoms. The van der Waals surface area contributed by atoms with Crippen LogP contribution < -0.4 is 5.32 Å². The Kier molecular flexibility index (Phi) is 5.49. The molecule has 182 valence electrons. The second-order valence-electron chi connectivity index (χ2n) is 8.05. The van der Waals surface area contributed by atoms with Crippen molar-refractivity contribution in [1.29, 1.82) is 0 Å². The van der Waals surface area contributed by atoms with Crippen LogP contribution in [0.4, 0.5) is 10.2 Å². The van der Waals surface area contributed by atoms with Crippen LogP contribution in [-0.4, -0.2) is 50.6 Å². The lowest BCUT2D eigenvalue weighted by Gasteiger charge is -2.06. The number of anilines is 1. The van der Waals surface area contributed by atoms with Gasteiger partial charge in [-0.25, -0.2) is 23.4 Å². The molecule has 5 aromatic heterocycles. The van der Waals surface area contributed by atoms with E-state index in [0.29, 0.717) is 50.3 Å². The van der Waals surface area contributed by atoms with Crippen LogP contribution in [-0.2, 0) is 10.8 Å². The van der Waals surface area contributed by atoms with Crippen molar-refractivity contribution in [2.75, 3.05) is 11.6 Å². The van der Waals surface area contributed by atoms with Gasteiger partial charge in [0.25, 0.3) is 5.91 Å². The van der Waals surface area contributed by atoms with Crippen molar-refractivity contribution in [3.63, 3.8) is 0 Å². The number of hydrogen-bond acceptors (Lipinski definition) is 7. The number of nitrogens with zero attached hydrogens (tertiary/aromatic N) is 7. The monoisotopic (exact) mass is 512 g/mol. The Morgan fingerprint density at radius 3 is 2.43 bits per heavy atom. The largest absolute Gasteiger partial charge is 0.305 e. The Morgan fingerprint density at radius 2 is 1.68 bits per heavy atom. The molecule has 6 rings (SSSR count). The Bertz CT molecular complexity index is 1820. The fraction of sp³-hybridized carbons (Fsp3) is 0.0400. The first-order valence-corrected chi connectivity index (χ1v) is 12.6. The second-order valence-corrected chi connectivity index (χ2v) is 9.38. The summed E-state index contributed by atoms with van der Waals surface area (Å²) in [7, 11) is -1.32. The smallest absolute Gasteiger partial charge is 0.256 e. The third-order valence-corrected chi connectivity index (χ3v) is 6.42. The van der Waals surface area contributed by atoms with E-state index in [1.807, 2.05) is 0 Å². The van der Waals surface area contributed by atoms with Crippen LogP contribution in [0.25, 0.3) is 33.9 Å². The van der Waals surface area contributed by atoms with Crippen LogP contribution in [0, 0.1) is 5.82 Å². The average molecular weight is 513 g/mol. The SMILES string of the molecule is CS(=O)c1ccc2nc(-c3ccc(F)cc3)c(-c3ccc4nc(NC(=O)c5ccncc5)cn4n3)n2n1. The number of aromatic nitrogens is 7. The Balaban J connectivity index is 1.47. The molecule has 1 atom stereocenters. The first-order valence-electron chi connectivity index (χ1n) is 11.0. The molecular weight excluding hydrogens is 495 g/mol. The number of carbonyl (C=O) groups excluding carboxylic acids is 1. The zero-order chi connectivity index (χ0) is 25.5. The number of nitrogens with one attached hydrogen (secondary N) is 1. The number of carbonyl (C=O) groups is 1. The molecule has 0 aliphatic rings. The van der Waals surface area contributed by atoms with Crippen LogP contribution in [0.15, 0.2) is 84.3 Å². The van der Waals surface area contributed by atoms with Crippen molar-refractivity contribution in [2.24, 2.45) is 0 Å². The van der Waals surface area contributed by atoms with E-state index in [2.05, 4.69) is 25.5 Å². The molecule has 0 aliphatic heterocycles. The maximum absolute atomic E-state index is 13.6. The minimum Gasteiger partial charge on any atom is -0.305 e. The Labute approximate surface area is 211 Å². The molecular formula is C25H17FN8O2S. The number of pyridine rings is 1. The highest BCUT2D eigenvalue weighted by Gasteiger charge is 2.20. The van der Waals surface area contributed by atoms with Crippen molar-refractivity contribution < 1.29 is 13.4 Å². The van der Waals surface area contributed by atoms with Crippen molar-refractivity contribution in [3.8, 4) is 22.6 Å². The van der Waals surface area contributed by atoms with Gasteiger partial charge >= 0.3 is 0 Å². The van der Waals surface area contributed by atoms with E-state index in [4.69, 9.17) is 4.98 Å². The maximum Gasteiger partial charge on any atom is 0.256 e. The van der Waals surface area contributed by atoms with Gasteiger partial charge in [-0.3, -0.25) is 14.0 Å². The van der Waals surface area contributed by atoms with Gasteiger partial charge in [0.15, 0.2) is 17.1 Å². The first-order chi connectivity index (χ1) is 18.0. The summed E-state index contributed by atoms with van der Waals surface area (Å²) in [6, 6.07) is 16.1. The van der Waals surface area contributed by atoms with E-state index in [-0.39, 0.29) is 11.7 Å². The second kappa shape index (κ2) is 8.99. The molecule has 0 radical (unpaired) electrons. The van der Waals surface area contributed by atoms with Crippen LogP contribution in [0.1, 0.15) is 10.4 Å². The van der Waals surface area contributed by atoms with Crippen molar-refractivity contribution in [2.45, 2.75) is 5.03 Å². The van der Waals surface area contributed by atoms with Crippen molar-refractivity contribution in [3.05, 3.63) is 90.6 Å². The summed E-state index contributed by atoms with van der Waals surface area (Å²) in [6.45, 7) is 0. The number of benzene rings is 1. The minimum absolute atomic E-state index is 0.323. The zero-order valence-corrected chi connectivity index (χ0v) is 20.1. The number of halogens is 1. The third kappa shape index (κ3) is 4.23. The number of imidazole rings is 2. The van der Waals surface area contributed by atoms with E-state index >= 15 is 0 Å². The number of hydrogen-bond donors (Lipinski definition) is 1. The molecule has 6 aromatic rings. The Morgan fingerprint density at radius 1 is 0.919 bits per heavy atom. The molecule has 0 saturated heterocycles. The summed E-state index contributed by atoms with van der Waals surface area (Å²) in [5.41, 5.74) is 3.70. The summed E-state index contributed by atoms with van der Waals surface area (Å²) >= 11 is 0. The molecule has 1 amide bonds. The van der Waals surface area contributed by atoms with E-state index < -0.39 is 10.8 Å². The highest BCUT2D eigenvalue weighted by Crippen LogP contribution is 2.32. The lowest BCUT2D eigenvalue weighted by Crippen LogP contribution is -2.11. The van der Waals surface area contributed by atoms with Crippen LogP contribution in [0.2, 0.25) is 0 Å². The molecule has 0 fully saturated rings. The van der Waals surface area contributed by atoms with E-state index in [0.717, 1.165) is 0 Å². The lowest BCUT2D eigenvalue weighted by atomic mass is 10.1. The summed E-state index contributed by atoms with van der Waals surface area (Å²) in [4.78, 5) is 25.6. The first kappa shape index (κ1) is 22.6. The molecule has 1 aromatic carbocycles. The number of fused-ring (bicyclic) bond motifs is 2. The predicted octanol–water partition coefficient (Wildman–Crippen LogP) is 3.63. The fourth-order valence-electron chi connectivity index (χ4n) is 3.87. The normalized spacial score (nSPS) is 12.2. The summed E-state index contributed by atoms with van der Waals surface area (Å²) in [5, 5.41) is 12.3. The molecule has 37 heavy (non-hydrogen) atoms. The van der Waals surface area contributed by atoms with Gasteiger partial charge < -0.3 is 5.32 Å². The van der Waals surface area contributed by atoms with Crippen LogP contribution in [0.5, 0.6) is 0 Å². The van der Waals surface area contributed by atoms with Gasteiger partial charge in [0.1, 0.15) is 27.9 Å². The fourth-order valence-corrected chi connectivity index (χ4v) is 4.33. The topological polar surface area (TPSA) is 119 Å². The van der Waals surface area contributed by atoms with Gasteiger partial charge in [-0.2, -0.15) is 10.2 Å². The molecule has 12 heteroatoms. The lowest BCUT2D eigenvalue weighted by molar-refractivity contribution is 0.102. The van der Waals surface area contributed by atoms with Gasteiger partial charge in [-0.1, -0.05) is 0 Å². The zero-order valence-electron chi connectivity index (χ0n) is 19.2. The summed E-state index contributed by atoms with van der Waals surface area (Å²) in [5.74, 6) is -0.365. The molecule has 1 unspecified atom stereocenters. The Hall–Kier alpha value is -4.84. The molecule has 10 nitrogen and oxygen atoms in total. The quantitative estimate of drug-likeness (QED) is 0.375. The highest BCUT2D eigenvalue weighted by molar-refractivity contribution is 7.84. The predicted molar refractivity (Wildman–Crippen MR) is 135 cm³/mol. The molecule has 0 saturated carbocycles. The van der Waals surface area contributed by atoms with Gasteiger partial charge in [-0.15, -0.1) is 0 Å². The minimum atomic E-state index is -1.32. The number of rotatable bonds is 5. The van der Waals surface area contributed by atoms with Crippen LogP contribution >= 0.6 is 0 Å². The van der Waals surface area contributed by atoms with Gasteiger partial charge in [-0.05, 0) is 60.7 Å². The van der Waals surface area contributed by atoms with E-state index in [9.17, 15) is 13.4 Å². The summed E-state index contributed by atoms with van der Waals surface area (Å²) in [6.07, 6.45) is 6.21. The highest BCUT2D eigenvalue weighted by atomic mass is 32.2. The van der Waals surface area contributed by atoms with Gasteiger partial charge in [0.2, 0.25) is 0 Å².